The van der Waals surface area contributed by atoms with Gasteiger partial charge in [0.15, 0.2) is 0 Å². The molecule has 3 saturated heterocycles. The number of piperazine rings is 1. The second-order valence-electron chi connectivity index (χ2n) is 11.0. The Balaban J connectivity index is 1.24. The summed E-state index contributed by atoms with van der Waals surface area (Å²) in [5, 5.41) is 1.09. The SMILES string of the molecule is Cc1ccc2cc(-c3cc(S(=O)(=O)N(C)CC(=O)N4CCN(C5COC5)CC4)ccc3N3CCCC3)[nH]c2c1. The van der Waals surface area contributed by atoms with Crippen molar-refractivity contribution in [2.75, 3.05) is 71.0 Å². The third-order valence-electron chi connectivity index (χ3n) is 8.35. The number of hydrogen-bond acceptors (Lipinski definition) is 6. The molecule has 4 heterocycles. The van der Waals surface area contributed by atoms with Gasteiger partial charge in [-0.2, -0.15) is 4.31 Å². The summed E-state index contributed by atoms with van der Waals surface area (Å²) in [6.45, 7) is 8.10. The summed E-state index contributed by atoms with van der Waals surface area (Å²) in [6, 6.07) is 14.2. The molecule has 0 unspecified atom stereocenters. The average Bonchev–Trinajstić information content (AvgIpc) is 3.58. The second kappa shape index (κ2) is 10.6. The summed E-state index contributed by atoms with van der Waals surface area (Å²) < 4.78 is 33.8. The van der Waals surface area contributed by atoms with Crippen LogP contribution in [-0.2, 0) is 19.6 Å². The van der Waals surface area contributed by atoms with E-state index in [1.54, 1.807) is 17.0 Å². The lowest BCUT2D eigenvalue weighted by Gasteiger charge is -2.42. The predicted molar refractivity (Wildman–Crippen MR) is 152 cm³/mol. The van der Waals surface area contributed by atoms with Crippen LogP contribution in [0.3, 0.4) is 0 Å². The van der Waals surface area contributed by atoms with E-state index in [1.807, 2.05) is 6.07 Å². The number of nitrogens with one attached hydrogen (secondary N) is 1. The van der Waals surface area contributed by atoms with Gasteiger partial charge in [0.05, 0.1) is 30.7 Å². The average molecular weight is 552 g/mol. The number of carbonyl (C=O) groups is 1. The number of anilines is 1. The molecule has 0 radical (unpaired) electrons. The summed E-state index contributed by atoms with van der Waals surface area (Å²) in [7, 11) is -2.38. The molecule has 0 saturated carbocycles. The predicted octanol–water partition coefficient (Wildman–Crippen LogP) is 2.91. The Morgan fingerprint density at radius 1 is 1.00 bits per heavy atom. The zero-order chi connectivity index (χ0) is 27.1. The summed E-state index contributed by atoms with van der Waals surface area (Å²) in [5.41, 5.74) is 4.98. The van der Waals surface area contributed by atoms with Crippen molar-refractivity contribution in [2.45, 2.75) is 30.7 Å². The van der Waals surface area contributed by atoms with Crippen molar-refractivity contribution >= 4 is 32.5 Å². The number of nitrogens with zero attached hydrogens (tertiary/aromatic N) is 4. The Labute approximate surface area is 230 Å². The maximum Gasteiger partial charge on any atom is 0.243 e. The van der Waals surface area contributed by atoms with Crippen LogP contribution in [-0.4, -0.2) is 106 Å². The molecule has 1 aromatic heterocycles. The third kappa shape index (κ3) is 5.18. The molecule has 39 heavy (non-hydrogen) atoms. The zero-order valence-corrected chi connectivity index (χ0v) is 23.5. The summed E-state index contributed by atoms with van der Waals surface area (Å²) >= 11 is 0. The van der Waals surface area contributed by atoms with Crippen LogP contribution in [0.2, 0.25) is 0 Å². The van der Waals surface area contributed by atoms with Crippen molar-refractivity contribution in [1.82, 2.24) is 19.1 Å². The van der Waals surface area contributed by atoms with Crippen LogP contribution in [0.4, 0.5) is 5.69 Å². The molecule has 9 nitrogen and oxygen atoms in total. The van der Waals surface area contributed by atoms with E-state index in [1.165, 1.54) is 11.4 Å². The van der Waals surface area contributed by atoms with Gasteiger partial charge in [-0.1, -0.05) is 12.1 Å². The number of ether oxygens (including phenoxy) is 1. The van der Waals surface area contributed by atoms with Gasteiger partial charge in [0.1, 0.15) is 0 Å². The van der Waals surface area contributed by atoms with Crippen molar-refractivity contribution in [3.05, 3.63) is 48.0 Å². The maximum absolute atomic E-state index is 13.7. The number of hydrogen-bond donors (Lipinski definition) is 1. The number of amides is 1. The van der Waals surface area contributed by atoms with E-state index in [9.17, 15) is 13.2 Å². The van der Waals surface area contributed by atoms with Crippen LogP contribution in [0.1, 0.15) is 18.4 Å². The zero-order valence-electron chi connectivity index (χ0n) is 22.7. The van der Waals surface area contributed by atoms with Gasteiger partial charge in [-0.25, -0.2) is 8.42 Å². The Morgan fingerprint density at radius 3 is 2.44 bits per heavy atom. The highest BCUT2D eigenvalue weighted by Crippen LogP contribution is 2.36. The lowest BCUT2D eigenvalue weighted by atomic mass is 10.1. The monoisotopic (exact) mass is 551 g/mol. The maximum atomic E-state index is 13.7. The van der Waals surface area contributed by atoms with Gasteiger partial charge in [-0.05, 0) is 55.7 Å². The van der Waals surface area contributed by atoms with E-state index < -0.39 is 10.0 Å². The first kappa shape index (κ1) is 26.3. The molecule has 3 aliphatic heterocycles. The largest absolute Gasteiger partial charge is 0.378 e. The number of sulfonamides is 1. The number of benzene rings is 2. The fourth-order valence-corrected chi connectivity index (χ4v) is 6.98. The number of aromatic nitrogens is 1. The van der Waals surface area contributed by atoms with Gasteiger partial charge < -0.3 is 19.5 Å². The first-order valence-electron chi connectivity index (χ1n) is 13.8. The quantitative estimate of drug-likeness (QED) is 0.486. The highest BCUT2D eigenvalue weighted by molar-refractivity contribution is 7.89. The standard InChI is InChI=1S/C29H37N5O4S/c1-21-5-6-22-16-27(30-26(22)15-21)25-17-24(7-8-28(25)33-9-3-4-10-33)39(36,37)31(2)18-29(35)34-13-11-32(12-14-34)23-19-38-20-23/h5-8,15-17,23,30H,3-4,9-14,18-20H2,1-2H3. The van der Waals surface area contributed by atoms with E-state index >= 15 is 0 Å². The number of likely N-dealkylation sites (N-methyl/N-ethyl adjacent to an activating group) is 1. The summed E-state index contributed by atoms with van der Waals surface area (Å²) in [6.07, 6.45) is 2.25. The highest BCUT2D eigenvalue weighted by atomic mass is 32.2. The molecule has 0 bridgehead atoms. The molecule has 6 rings (SSSR count). The van der Waals surface area contributed by atoms with Crippen LogP contribution in [0.5, 0.6) is 0 Å². The molecule has 10 heteroatoms. The fourth-order valence-electron chi connectivity index (χ4n) is 5.84. The van der Waals surface area contributed by atoms with E-state index in [2.05, 4.69) is 46.0 Å². The number of fused-ring (bicyclic) bond motifs is 1. The van der Waals surface area contributed by atoms with E-state index in [4.69, 9.17) is 4.74 Å². The molecule has 208 valence electrons. The minimum atomic E-state index is -3.87. The van der Waals surface area contributed by atoms with E-state index in [0.29, 0.717) is 19.1 Å². The Bertz CT molecular complexity index is 1470. The molecule has 2 aromatic carbocycles. The number of rotatable bonds is 7. The number of H-pyrrole nitrogens is 1. The van der Waals surface area contributed by atoms with Crippen LogP contribution in [0, 0.1) is 6.92 Å². The second-order valence-corrected chi connectivity index (χ2v) is 13.1. The third-order valence-corrected chi connectivity index (χ3v) is 10.2. The topological polar surface area (TPSA) is 89.2 Å². The highest BCUT2D eigenvalue weighted by Gasteiger charge is 2.32. The number of aromatic amines is 1. The van der Waals surface area contributed by atoms with Gasteiger partial charge in [0.25, 0.3) is 0 Å². The number of aryl methyl sites for hydroxylation is 1. The summed E-state index contributed by atoms with van der Waals surface area (Å²) in [4.78, 5) is 23.2. The van der Waals surface area contributed by atoms with E-state index in [-0.39, 0.29) is 17.3 Å². The Hall–Kier alpha value is -2.92. The van der Waals surface area contributed by atoms with Gasteiger partial charge in [0, 0.05) is 74.2 Å². The molecule has 1 N–H and O–H groups in total. The van der Waals surface area contributed by atoms with Crippen LogP contribution >= 0.6 is 0 Å². The van der Waals surface area contributed by atoms with Crippen LogP contribution < -0.4 is 4.90 Å². The summed E-state index contributed by atoms with van der Waals surface area (Å²) in [5.74, 6) is -0.162. The minimum Gasteiger partial charge on any atom is -0.378 e. The van der Waals surface area contributed by atoms with Crippen molar-refractivity contribution in [1.29, 1.82) is 0 Å². The first-order chi connectivity index (χ1) is 18.8. The molecule has 1 amide bonds. The normalized spacial score (nSPS) is 19.3. The molecule has 3 fully saturated rings. The van der Waals surface area contributed by atoms with E-state index in [0.717, 1.165) is 85.6 Å². The lowest BCUT2D eigenvalue weighted by Crippen LogP contribution is -2.58. The fraction of sp³-hybridized carbons (Fsp3) is 0.483. The van der Waals surface area contributed by atoms with Crippen molar-refractivity contribution < 1.29 is 17.9 Å². The van der Waals surface area contributed by atoms with Gasteiger partial charge in [-0.15, -0.1) is 0 Å². The molecular weight excluding hydrogens is 514 g/mol. The van der Waals surface area contributed by atoms with Gasteiger partial charge in [0.2, 0.25) is 15.9 Å². The van der Waals surface area contributed by atoms with Crippen molar-refractivity contribution in [3.63, 3.8) is 0 Å². The molecular formula is C29H37N5O4S. The van der Waals surface area contributed by atoms with Gasteiger partial charge in [-0.3, -0.25) is 9.69 Å². The van der Waals surface area contributed by atoms with Crippen LogP contribution in [0.15, 0.2) is 47.4 Å². The van der Waals surface area contributed by atoms with Crippen molar-refractivity contribution in [3.8, 4) is 11.3 Å². The molecule has 0 aliphatic carbocycles. The molecule has 0 spiro atoms. The molecule has 3 aliphatic rings. The van der Waals surface area contributed by atoms with Gasteiger partial charge >= 0.3 is 0 Å². The van der Waals surface area contributed by atoms with Crippen molar-refractivity contribution in [2.24, 2.45) is 0 Å². The smallest absolute Gasteiger partial charge is 0.243 e. The molecule has 0 atom stereocenters. The van der Waals surface area contributed by atoms with Crippen LogP contribution in [0.25, 0.3) is 22.2 Å². The molecule has 3 aromatic rings. The number of carbonyl (C=O) groups excluding carboxylic acids is 1. The Kier molecular flexibility index (Phi) is 7.13. The minimum absolute atomic E-state index is 0.162. The lowest BCUT2D eigenvalue weighted by molar-refractivity contribution is -0.135. The Morgan fingerprint density at radius 2 is 1.74 bits per heavy atom. The first-order valence-corrected chi connectivity index (χ1v) is 15.3.